The number of nitrogens with two attached hydrogens (primary N) is 1. The maximum atomic E-state index is 10.8. The van der Waals surface area contributed by atoms with Crippen LogP contribution in [0.1, 0.15) is 6.92 Å². The minimum Gasteiger partial charge on any atom is -0.358 e. The molecular weight excluding hydrogens is 178 g/mol. The van der Waals surface area contributed by atoms with Crippen molar-refractivity contribution < 1.29 is 9.59 Å². The molecule has 0 rings (SSSR count). The summed E-state index contributed by atoms with van der Waals surface area (Å²) in [6.45, 7) is 1.40. The Hall–Kier alpha value is -0.750. The lowest BCUT2D eigenvalue weighted by atomic mass is 10.3. The highest BCUT2D eigenvalue weighted by Gasteiger charge is 2.10. The van der Waals surface area contributed by atoms with Crippen LogP contribution in [-0.4, -0.2) is 30.7 Å². The Morgan fingerprint density at radius 2 is 2.17 bits per heavy atom. The Kier molecular flexibility index (Phi) is 5.48. The second kappa shape index (κ2) is 5.84. The molecule has 0 saturated carbocycles. The first-order chi connectivity index (χ1) is 5.57. The fourth-order valence-corrected chi connectivity index (χ4v) is 1.11. The molecular formula is C6H13N3O2S. The summed E-state index contributed by atoms with van der Waals surface area (Å²) in [5.74, 6) is -0.00356. The summed E-state index contributed by atoms with van der Waals surface area (Å²) in [6.07, 6.45) is 0. The third kappa shape index (κ3) is 4.97. The summed E-state index contributed by atoms with van der Waals surface area (Å²) in [6, 6.07) is -0.577. The van der Waals surface area contributed by atoms with Crippen molar-refractivity contribution in [3.8, 4) is 0 Å². The molecule has 0 saturated heterocycles. The van der Waals surface area contributed by atoms with Crippen LogP contribution in [0, 0.1) is 0 Å². The molecule has 0 bridgehead atoms. The van der Waals surface area contributed by atoms with E-state index in [2.05, 4.69) is 10.0 Å². The van der Waals surface area contributed by atoms with Gasteiger partial charge in [-0.3, -0.25) is 9.59 Å². The van der Waals surface area contributed by atoms with Crippen LogP contribution in [0.15, 0.2) is 0 Å². The monoisotopic (exact) mass is 191 g/mol. The van der Waals surface area contributed by atoms with Crippen LogP contribution in [0.25, 0.3) is 0 Å². The third-order valence-electron chi connectivity index (χ3n) is 1.06. The zero-order valence-electron chi connectivity index (χ0n) is 7.09. The second-order valence-electron chi connectivity index (χ2n) is 2.19. The van der Waals surface area contributed by atoms with Gasteiger partial charge in [-0.15, -0.1) is 0 Å². The molecule has 0 radical (unpaired) electrons. The largest absolute Gasteiger partial charge is 0.358 e. The van der Waals surface area contributed by atoms with E-state index in [4.69, 9.17) is 5.73 Å². The summed E-state index contributed by atoms with van der Waals surface area (Å²) in [5, 5.41) is 2.41. The number of carbonyl (C=O) groups excluding carboxylic acids is 2. The number of hydrogen-bond donors (Lipinski definition) is 3. The van der Waals surface area contributed by atoms with Crippen molar-refractivity contribution in [3.05, 3.63) is 0 Å². The Morgan fingerprint density at radius 3 is 2.58 bits per heavy atom. The molecule has 0 spiro atoms. The number of nitrogens with one attached hydrogen (secondary N) is 2. The third-order valence-corrected chi connectivity index (χ3v) is 2.02. The highest BCUT2D eigenvalue weighted by atomic mass is 32.2. The predicted octanol–water partition coefficient (Wildman–Crippen LogP) is -1.16. The molecule has 2 amide bonds. The van der Waals surface area contributed by atoms with Crippen LogP contribution in [0.2, 0.25) is 0 Å². The molecule has 0 aromatic heterocycles. The molecule has 1 atom stereocenters. The number of amides is 2. The molecule has 0 heterocycles. The molecule has 0 aliphatic rings. The normalized spacial score (nSPS) is 11.9. The van der Waals surface area contributed by atoms with Crippen LogP contribution >= 0.6 is 11.9 Å². The zero-order chi connectivity index (χ0) is 9.56. The lowest BCUT2D eigenvalue weighted by molar-refractivity contribution is -0.121. The first-order valence-corrected chi connectivity index (χ1v) is 4.42. The molecule has 12 heavy (non-hydrogen) atoms. The van der Waals surface area contributed by atoms with Gasteiger partial charge in [0.1, 0.15) is 0 Å². The van der Waals surface area contributed by atoms with E-state index < -0.39 is 6.04 Å². The van der Waals surface area contributed by atoms with Crippen LogP contribution < -0.4 is 15.8 Å². The first-order valence-electron chi connectivity index (χ1n) is 3.43. The quantitative estimate of drug-likeness (QED) is 0.490. The van der Waals surface area contributed by atoms with Gasteiger partial charge in [0, 0.05) is 19.7 Å². The lowest BCUT2D eigenvalue weighted by Gasteiger charge is -2.08. The molecule has 0 aromatic carbocycles. The van der Waals surface area contributed by atoms with Crippen molar-refractivity contribution in [2.24, 2.45) is 5.73 Å². The van der Waals surface area contributed by atoms with Gasteiger partial charge in [-0.1, -0.05) is 0 Å². The minimum atomic E-state index is -0.577. The van der Waals surface area contributed by atoms with E-state index in [9.17, 15) is 9.59 Å². The fourth-order valence-electron chi connectivity index (χ4n) is 0.494. The molecule has 70 valence electrons. The molecule has 0 unspecified atom stereocenters. The zero-order valence-corrected chi connectivity index (χ0v) is 7.90. The maximum absolute atomic E-state index is 10.8. The summed E-state index contributed by atoms with van der Waals surface area (Å²) >= 11 is 1.13. The van der Waals surface area contributed by atoms with E-state index in [0.29, 0.717) is 5.75 Å². The Bertz CT molecular complexity index is 174. The molecule has 0 fully saturated rings. The number of hydrogen-bond acceptors (Lipinski definition) is 4. The highest BCUT2D eigenvalue weighted by molar-refractivity contribution is 7.98. The van der Waals surface area contributed by atoms with E-state index in [1.165, 1.54) is 14.0 Å². The average molecular weight is 191 g/mol. The van der Waals surface area contributed by atoms with E-state index in [1.807, 2.05) is 0 Å². The van der Waals surface area contributed by atoms with Crippen molar-refractivity contribution >= 4 is 23.8 Å². The summed E-state index contributed by atoms with van der Waals surface area (Å²) in [5.41, 5.74) is 5.43. The van der Waals surface area contributed by atoms with Gasteiger partial charge in [0.15, 0.2) is 0 Å². The second-order valence-corrected chi connectivity index (χ2v) is 3.02. The van der Waals surface area contributed by atoms with Gasteiger partial charge in [-0.05, 0) is 11.9 Å². The van der Waals surface area contributed by atoms with Crippen LogP contribution in [0.4, 0.5) is 0 Å². The number of likely N-dealkylation sites (N-methyl/N-ethyl adjacent to an activating group) is 1. The van der Waals surface area contributed by atoms with Crippen molar-refractivity contribution in [1.82, 2.24) is 10.0 Å². The van der Waals surface area contributed by atoms with Gasteiger partial charge >= 0.3 is 0 Å². The summed E-state index contributed by atoms with van der Waals surface area (Å²) in [4.78, 5) is 21.2. The molecule has 0 aromatic rings. The standard InChI is InChI=1S/C6H13N3O2S/c1-4(10)9-12-3-5(7)6(11)8-2/h5H,3,7H2,1-2H3,(H,8,11)(H,9,10)/t5-/m0/s1. The minimum absolute atomic E-state index is 0.149. The molecule has 0 aliphatic carbocycles. The van der Waals surface area contributed by atoms with E-state index in [-0.39, 0.29) is 11.8 Å². The fraction of sp³-hybridized carbons (Fsp3) is 0.667. The summed E-state index contributed by atoms with van der Waals surface area (Å²) < 4.78 is 2.47. The van der Waals surface area contributed by atoms with E-state index in [0.717, 1.165) is 11.9 Å². The van der Waals surface area contributed by atoms with Crippen LogP contribution in [-0.2, 0) is 9.59 Å². The van der Waals surface area contributed by atoms with Gasteiger partial charge in [-0.25, -0.2) is 0 Å². The SMILES string of the molecule is CNC(=O)[C@@H](N)CSNC(C)=O. The summed E-state index contributed by atoms with van der Waals surface area (Å²) in [7, 11) is 1.52. The molecule has 0 aliphatic heterocycles. The molecule has 5 nitrogen and oxygen atoms in total. The van der Waals surface area contributed by atoms with E-state index in [1.54, 1.807) is 0 Å². The maximum Gasteiger partial charge on any atom is 0.237 e. The van der Waals surface area contributed by atoms with Crippen molar-refractivity contribution in [1.29, 1.82) is 0 Å². The van der Waals surface area contributed by atoms with Crippen molar-refractivity contribution in [2.45, 2.75) is 13.0 Å². The topological polar surface area (TPSA) is 84.2 Å². The van der Waals surface area contributed by atoms with Gasteiger partial charge in [0.25, 0.3) is 0 Å². The average Bonchev–Trinajstić information content (AvgIpc) is 2.02. The van der Waals surface area contributed by atoms with Gasteiger partial charge in [-0.2, -0.15) is 0 Å². The van der Waals surface area contributed by atoms with Crippen LogP contribution in [0.3, 0.4) is 0 Å². The predicted molar refractivity (Wildman–Crippen MR) is 48.3 cm³/mol. The van der Waals surface area contributed by atoms with Gasteiger partial charge < -0.3 is 15.8 Å². The Balaban J connectivity index is 3.50. The molecule has 4 N–H and O–H groups in total. The van der Waals surface area contributed by atoms with Crippen molar-refractivity contribution in [3.63, 3.8) is 0 Å². The Morgan fingerprint density at radius 1 is 1.58 bits per heavy atom. The Labute approximate surface area is 75.6 Å². The lowest BCUT2D eigenvalue weighted by Crippen LogP contribution is -2.41. The van der Waals surface area contributed by atoms with Crippen LogP contribution in [0.5, 0.6) is 0 Å². The van der Waals surface area contributed by atoms with Crippen molar-refractivity contribution in [2.75, 3.05) is 12.8 Å². The highest BCUT2D eigenvalue weighted by Crippen LogP contribution is 1.95. The first kappa shape index (κ1) is 11.2. The van der Waals surface area contributed by atoms with E-state index >= 15 is 0 Å². The number of carbonyl (C=O) groups is 2. The molecule has 6 heteroatoms. The number of rotatable bonds is 4. The smallest absolute Gasteiger partial charge is 0.237 e. The van der Waals surface area contributed by atoms with Gasteiger partial charge in [0.05, 0.1) is 6.04 Å². The van der Waals surface area contributed by atoms with Gasteiger partial charge in [0.2, 0.25) is 11.8 Å².